The zero-order valence-corrected chi connectivity index (χ0v) is 18.7. The first kappa shape index (κ1) is 22.3. The van der Waals surface area contributed by atoms with Crippen LogP contribution in [0, 0.1) is 0 Å². The number of rotatable bonds is 7. The molecule has 0 bridgehead atoms. The van der Waals surface area contributed by atoms with Crippen LogP contribution in [0.2, 0.25) is 0 Å². The van der Waals surface area contributed by atoms with Crippen molar-refractivity contribution in [3.8, 4) is 0 Å². The minimum absolute atomic E-state index is 0.00538. The van der Waals surface area contributed by atoms with Crippen LogP contribution in [0.15, 0.2) is 53.3 Å². The first-order valence-corrected chi connectivity index (χ1v) is 11.6. The average molecular weight is 491 g/mol. The monoisotopic (exact) mass is 490 g/mol. The number of nitrogens with zero attached hydrogens (tertiary/aromatic N) is 2. The molecule has 2 N–H and O–H groups in total. The summed E-state index contributed by atoms with van der Waals surface area (Å²) in [5, 5.41) is 5.81. The van der Waals surface area contributed by atoms with Gasteiger partial charge in [-0.1, -0.05) is 22.0 Å². The van der Waals surface area contributed by atoms with Gasteiger partial charge >= 0.3 is 0 Å². The van der Waals surface area contributed by atoms with E-state index in [0.717, 1.165) is 17.3 Å². The number of halogens is 1. The fourth-order valence-corrected chi connectivity index (χ4v) is 4.20. The third-order valence-corrected chi connectivity index (χ3v) is 6.08. The molecule has 158 valence electrons. The summed E-state index contributed by atoms with van der Waals surface area (Å²) in [6.45, 7) is 1.21. The molecule has 3 amide bonds. The summed E-state index contributed by atoms with van der Waals surface area (Å²) in [6.07, 6.45) is 4.65. The first-order valence-electron chi connectivity index (χ1n) is 9.63. The van der Waals surface area contributed by atoms with Crippen LogP contribution < -0.4 is 10.6 Å². The molecule has 1 fully saturated rings. The predicted octanol–water partition coefficient (Wildman–Crippen LogP) is 2.94. The fourth-order valence-electron chi connectivity index (χ4n) is 3.17. The van der Waals surface area contributed by atoms with Gasteiger partial charge in [0, 0.05) is 47.2 Å². The molecule has 0 aliphatic carbocycles. The number of carbonyl (C=O) groups is 3. The van der Waals surface area contributed by atoms with E-state index in [-0.39, 0.29) is 35.3 Å². The highest BCUT2D eigenvalue weighted by molar-refractivity contribution is 9.10. The zero-order valence-electron chi connectivity index (χ0n) is 16.3. The van der Waals surface area contributed by atoms with Crippen molar-refractivity contribution in [3.05, 3.63) is 58.8 Å². The van der Waals surface area contributed by atoms with Gasteiger partial charge in [0.15, 0.2) is 0 Å². The topological polar surface area (TPSA) is 91.4 Å². The van der Waals surface area contributed by atoms with Gasteiger partial charge in [-0.25, -0.2) is 0 Å². The minimum Gasteiger partial charge on any atom is -0.353 e. The standard InChI is InChI=1S/C21H23BrN4O3S/c22-16-2-1-3-18(12-16)25-20(28)14-30-13-19(27)24-17-6-10-26(11-7-17)21(29)15-4-8-23-9-5-15/h1-5,8-9,12,17H,6-7,10-11,13-14H2,(H,24,27)(H,25,28). The third-order valence-electron chi connectivity index (χ3n) is 4.65. The largest absolute Gasteiger partial charge is 0.353 e. The molecule has 0 unspecified atom stereocenters. The van der Waals surface area contributed by atoms with Crippen LogP contribution in [-0.4, -0.2) is 58.2 Å². The summed E-state index contributed by atoms with van der Waals surface area (Å²) in [7, 11) is 0. The molecule has 1 aromatic carbocycles. The number of amides is 3. The summed E-state index contributed by atoms with van der Waals surface area (Å²) < 4.78 is 0.890. The summed E-state index contributed by atoms with van der Waals surface area (Å²) in [4.78, 5) is 42.4. The van der Waals surface area contributed by atoms with E-state index in [1.54, 1.807) is 29.4 Å². The Balaban J connectivity index is 1.33. The van der Waals surface area contributed by atoms with Gasteiger partial charge in [0.25, 0.3) is 5.91 Å². The van der Waals surface area contributed by atoms with Crippen molar-refractivity contribution in [3.63, 3.8) is 0 Å². The molecule has 30 heavy (non-hydrogen) atoms. The molecule has 1 aliphatic rings. The Morgan fingerprint density at radius 3 is 2.47 bits per heavy atom. The van der Waals surface area contributed by atoms with Crippen molar-refractivity contribution in [1.29, 1.82) is 0 Å². The maximum Gasteiger partial charge on any atom is 0.253 e. The summed E-state index contributed by atoms with van der Waals surface area (Å²) >= 11 is 4.64. The van der Waals surface area contributed by atoms with Gasteiger partial charge in [-0.15, -0.1) is 11.8 Å². The lowest BCUT2D eigenvalue weighted by Gasteiger charge is -2.32. The van der Waals surface area contributed by atoms with Crippen molar-refractivity contribution < 1.29 is 14.4 Å². The highest BCUT2D eigenvalue weighted by Crippen LogP contribution is 2.16. The van der Waals surface area contributed by atoms with Crippen molar-refractivity contribution >= 4 is 51.1 Å². The molecule has 1 saturated heterocycles. The van der Waals surface area contributed by atoms with E-state index in [1.165, 1.54) is 11.8 Å². The van der Waals surface area contributed by atoms with Gasteiger partial charge in [0.05, 0.1) is 11.5 Å². The van der Waals surface area contributed by atoms with Gasteiger partial charge in [-0.05, 0) is 43.2 Å². The molecular weight excluding hydrogens is 468 g/mol. The van der Waals surface area contributed by atoms with Crippen LogP contribution in [-0.2, 0) is 9.59 Å². The number of thioether (sulfide) groups is 1. The molecule has 0 spiro atoms. The highest BCUT2D eigenvalue weighted by atomic mass is 79.9. The lowest BCUT2D eigenvalue weighted by Crippen LogP contribution is -2.47. The number of carbonyl (C=O) groups excluding carboxylic acids is 3. The molecule has 0 atom stereocenters. The molecular formula is C21H23BrN4O3S. The molecule has 1 aliphatic heterocycles. The van der Waals surface area contributed by atoms with E-state index in [0.29, 0.717) is 24.3 Å². The van der Waals surface area contributed by atoms with Crippen LogP contribution in [0.4, 0.5) is 5.69 Å². The summed E-state index contributed by atoms with van der Waals surface area (Å²) in [6, 6.07) is 10.8. The molecule has 0 saturated carbocycles. The van der Waals surface area contributed by atoms with Crippen LogP contribution in [0.25, 0.3) is 0 Å². The zero-order chi connectivity index (χ0) is 21.3. The van der Waals surface area contributed by atoms with Crippen molar-refractivity contribution in [2.24, 2.45) is 0 Å². The predicted molar refractivity (Wildman–Crippen MR) is 121 cm³/mol. The van der Waals surface area contributed by atoms with E-state index in [9.17, 15) is 14.4 Å². The highest BCUT2D eigenvalue weighted by Gasteiger charge is 2.24. The number of nitrogens with one attached hydrogen (secondary N) is 2. The first-order chi connectivity index (χ1) is 14.5. The number of hydrogen-bond acceptors (Lipinski definition) is 5. The maximum absolute atomic E-state index is 12.5. The van der Waals surface area contributed by atoms with Gasteiger partial charge in [0.1, 0.15) is 0 Å². The van der Waals surface area contributed by atoms with E-state index >= 15 is 0 Å². The molecule has 0 radical (unpaired) electrons. The summed E-state index contributed by atoms with van der Waals surface area (Å²) in [5.41, 5.74) is 1.34. The molecule has 7 nitrogen and oxygen atoms in total. The molecule has 1 aromatic heterocycles. The van der Waals surface area contributed by atoms with Crippen molar-refractivity contribution in [1.82, 2.24) is 15.2 Å². The Morgan fingerprint density at radius 2 is 1.77 bits per heavy atom. The Morgan fingerprint density at radius 1 is 1.07 bits per heavy atom. The number of piperidine rings is 1. The maximum atomic E-state index is 12.5. The second kappa shape index (κ2) is 11.1. The van der Waals surface area contributed by atoms with E-state index in [2.05, 4.69) is 31.5 Å². The molecule has 2 aromatic rings. The Hall–Kier alpha value is -2.39. The quantitative estimate of drug-likeness (QED) is 0.622. The Kier molecular flexibility index (Phi) is 8.27. The number of pyridine rings is 1. The van der Waals surface area contributed by atoms with Crippen LogP contribution in [0.3, 0.4) is 0 Å². The number of aromatic nitrogens is 1. The number of likely N-dealkylation sites (tertiary alicyclic amines) is 1. The number of anilines is 1. The van der Waals surface area contributed by atoms with Gasteiger partial charge in [-0.3, -0.25) is 19.4 Å². The third kappa shape index (κ3) is 6.84. The van der Waals surface area contributed by atoms with Gasteiger partial charge in [-0.2, -0.15) is 0 Å². The second-order valence-electron chi connectivity index (χ2n) is 6.92. The lowest BCUT2D eigenvalue weighted by molar-refractivity contribution is -0.119. The van der Waals surface area contributed by atoms with Gasteiger partial charge in [0.2, 0.25) is 11.8 Å². The van der Waals surface area contributed by atoms with Gasteiger partial charge < -0.3 is 15.5 Å². The Bertz CT molecular complexity index is 889. The van der Waals surface area contributed by atoms with E-state index in [1.807, 2.05) is 24.3 Å². The second-order valence-corrected chi connectivity index (χ2v) is 8.82. The fraction of sp³-hybridized carbons (Fsp3) is 0.333. The minimum atomic E-state index is -0.145. The summed E-state index contributed by atoms with van der Waals surface area (Å²) in [5.74, 6) is 0.193. The molecule has 3 rings (SSSR count). The lowest BCUT2D eigenvalue weighted by atomic mass is 10.0. The van der Waals surface area contributed by atoms with Crippen LogP contribution >= 0.6 is 27.7 Å². The van der Waals surface area contributed by atoms with Crippen molar-refractivity contribution in [2.45, 2.75) is 18.9 Å². The number of benzene rings is 1. The SMILES string of the molecule is O=C(CSCC(=O)NC1CCN(C(=O)c2ccncc2)CC1)Nc1cccc(Br)c1. The number of hydrogen-bond donors (Lipinski definition) is 2. The normalized spacial score (nSPS) is 14.2. The Labute approximate surface area is 188 Å². The van der Waals surface area contributed by atoms with E-state index in [4.69, 9.17) is 0 Å². The van der Waals surface area contributed by atoms with Crippen LogP contribution in [0.5, 0.6) is 0 Å². The molecule has 9 heteroatoms. The van der Waals surface area contributed by atoms with Crippen LogP contribution in [0.1, 0.15) is 23.2 Å². The smallest absolute Gasteiger partial charge is 0.253 e. The molecule has 2 heterocycles. The van der Waals surface area contributed by atoms with E-state index < -0.39 is 0 Å². The van der Waals surface area contributed by atoms with Crippen molar-refractivity contribution in [2.75, 3.05) is 29.9 Å². The average Bonchev–Trinajstić information content (AvgIpc) is 2.74.